The Bertz CT molecular complexity index is 374. The molecule has 0 spiro atoms. The van der Waals surface area contributed by atoms with Crippen molar-refractivity contribution >= 4 is 15.9 Å². The number of hydrogen-bond acceptors (Lipinski definition) is 4. The third kappa shape index (κ3) is 10.9. The zero-order chi connectivity index (χ0) is 15.1. The summed E-state index contributed by atoms with van der Waals surface area (Å²) in [6.45, 7) is 7.30. The van der Waals surface area contributed by atoms with E-state index in [9.17, 15) is 13.2 Å². The molecule has 114 valence electrons. The average molecular weight is 293 g/mol. The van der Waals surface area contributed by atoms with E-state index in [0.717, 1.165) is 12.7 Å². The molecule has 7 heteroatoms. The van der Waals surface area contributed by atoms with E-state index in [0.29, 0.717) is 26.1 Å². The van der Waals surface area contributed by atoms with Crippen molar-refractivity contribution < 1.29 is 13.2 Å². The Morgan fingerprint density at radius 2 is 1.84 bits per heavy atom. The lowest BCUT2D eigenvalue weighted by atomic mass is 9.84. The first kappa shape index (κ1) is 18.3. The SMILES string of the molecule is CC(C)(C)CC(CN)C(=O)NCCCNS(C)(=O)=O. The van der Waals surface area contributed by atoms with Gasteiger partial charge in [-0.3, -0.25) is 4.79 Å². The van der Waals surface area contributed by atoms with Gasteiger partial charge in [0.15, 0.2) is 0 Å². The summed E-state index contributed by atoms with van der Waals surface area (Å²) in [6.07, 6.45) is 2.40. The molecular formula is C12H27N3O3S. The van der Waals surface area contributed by atoms with Gasteiger partial charge in [0, 0.05) is 19.6 Å². The lowest BCUT2D eigenvalue weighted by molar-refractivity contribution is -0.125. The fourth-order valence-electron chi connectivity index (χ4n) is 1.72. The predicted molar refractivity (Wildman–Crippen MR) is 77.1 cm³/mol. The van der Waals surface area contributed by atoms with Crippen molar-refractivity contribution in [1.82, 2.24) is 10.0 Å². The van der Waals surface area contributed by atoms with Crippen LogP contribution >= 0.6 is 0 Å². The third-order valence-electron chi connectivity index (χ3n) is 2.53. The standard InChI is InChI=1S/C12H27N3O3S/c1-12(2,3)8-10(9-13)11(16)14-6-5-7-15-19(4,17)18/h10,15H,5-9,13H2,1-4H3,(H,14,16). The highest BCUT2D eigenvalue weighted by Crippen LogP contribution is 2.23. The van der Waals surface area contributed by atoms with Crippen molar-refractivity contribution in [3.05, 3.63) is 0 Å². The van der Waals surface area contributed by atoms with Crippen molar-refractivity contribution in [2.24, 2.45) is 17.1 Å². The smallest absolute Gasteiger partial charge is 0.224 e. The van der Waals surface area contributed by atoms with Crippen LogP contribution in [0.5, 0.6) is 0 Å². The summed E-state index contributed by atoms with van der Waals surface area (Å²) in [5.41, 5.74) is 5.67. The van der Waals surface area contributed by atoms with Gasteiger partial charge >= 0.3 is 0 Å². The lowest BCUT2D eigenvalue weighted by Crippen LogP contribution is -2.38. The van der Waals surface area contributed by atoms with Crippen molar-refractivity contribution in [1.29, 1.82) is 0 Å². The number of hydrogen-bond donors (Lipinski definition) is 3. The third-order valence-corrected chi connectivity index (χ3v) is 3.26. The Hall–Kier alpha value is -0.660. The predicted octanol–water partition coefficient (Wildman–Crippen LogP) is 0.0530. The highest BCUT2D eigenvalue weighted by atomic mass is 32.2. The van der Waals surface area contributed by atoms with Gasteiger partial charge < -0.3 is 11.1 Å². The first-order valence-electron chi connectivity index (χ1n) is 6.47. The molecule has 1 amide bonds. The molecule has 0 saturated heterocycles. The molecule has 1 unspecified atom stereocenters. The largest absolute Gasteiger partial charge is 0.356 e. The van der Waals surface area contributed by atoms with E-state index in [1.165, 1.54) is 0 Å². The summed E-state index contributed by atoms with van der Waals surface area (Å²) >= 11 is 0. The van der Waals surface area contributed by atoms with Gasteiger partial charge in [-0.1, -0.05) is 20.8 Å². The van der Waals surface area contributed by atoms with Gasteiger partial charge in [-0.25, -0.2) is 13.1 Å². The van der Waals surface area contributed by atoms with Gasteiger partial charge in [-0.05, 0) is 18.3 Å². The molecule has 0 saturated carbocycles. The second kappa shape index (κ2) is 7.81. The Labute approximate surface area is 116 Å². The molecule has 0 aromatic rings. The normalized spacial score (nSPS) is 14.2. The fourth-order valence-corrected chi connectivity index (χ4v) is 2.24. The molecule has 6 nitrogen and oxygen atoms in total. The number of carbonyl (C=O) groups is 1. The Morgan fingerprint density at radius 3 is 2.26 bits per heavy atom. The molecule has 0 aliphatic heterocycles. The number of nitrogens with two attached hydrogens (primary N) is 1. The summed E-state index contributed by atoms with van der Waals surface area (Å²) in [5, 5.41) is 2.79. The summed E-state index contributed by atoms with van der Waals surface area (Å²) in [5.74, 6) is -0.250. The minimum absolute atomic E-state index is 0.0548. The van der Waals surface area contributed by atoms with E-state index in [4.69, 9.17) is 5.73 Å². The van der Waals surface area contributed by atoms with Crippen molar-refractivity contribution in [3.8, 4) is 0 Å². The molecule has 1 atom stereocenters. The van der Waals surface area contributed by atoms with Gasteiger partial charge in [0.1, 0.15) is 0 Å². The lowest BCUT2D eigenvalue weighted by Gasteiger charge is -2.24. The van der Waals surface area contributed by atoms with Gasteiger partial charge in [0.2, 0.25) is 15.9 Å². The van der Waals surface area contributed by atoms with Gasteiger partial charge in [-0.15, -0.1) is 0 Å². The molecule has 0 aliphatic rings. The maximum Gasteiger partial charge on any atom is 0.224 e. The molecule has 0 fully saturated rings. The van der Waals surface area contributed by atoms with Crippen LogP contribution in [-0.4, -0.2) is 40.2 Å². The topological polar surface area (TPSA) is 101 Å². The van der Waals surface area contributed by atoms with Crippen molar-refractivity contribution in [2.75, 3.05) is 25.9 Å². The molecule has 0 aliphatic carbocycles. The van der Waals surface area contributed by atoms with E-state index in [1.807, 2.05) is 0 Å². The van der Waals surface area contributed by atoms with E-state index in [1.54, 1.807) is 0 Å². The van der Waals surface area contributed by atoms with Gasteiger partial charge in [0.05, 0.1) is 12.2 Å². The van der Waals surface area contributed by atoms with E-state index >= 15 is 0 Å². The second-order valence-electron chi connectivity index (χ2n) is 6.01. The van der Waals surface area contributed by atoms with Crippen LogP contribution in [0.3, 0.4) is 0 Å². The summed E-state index contributed by atoms with van der Waals surface area (Å²) < 4.78 is 24.0. The highest BCUT2D eigenvalue weighted by Gasteiger charge is 2.23. The molecule has 0 rings (SSSR count). The zero-order valence-corrected chi connectivity index (χ0v) is 13.1. The van der Waals surface area contributed by atoms with Crippen LogP contribution in [0.1, 0.15) is 33.6 Å². The number of amides is 1. The van der Waals surface area contributed by atoms with Crippen LogP contribution in [0.25, 0.3) is 0 Å². The molecule has 0 radical (unpaired) electrons. The summed E-state index contributed by atoms with van der Waals surface area (Å²) in [4.78, 5) is 11.9. The Morgan fingerprint density at radius 1 is 1.26 bits per heavy atom. The molecule has 4 N–H and O–H groups in total. The van der Waals surface area contributed by atoms with Gasteiger partial charge in [0.25, 0.3) is 0 Å². The molecule has 0 heterocycles. The zero-order valence-electron chi connectivity index (χ0n) is 12.3. The second-order valence-corrected chi connectivity index (χ2v) is 7.84. The molecule has 0 aromatic carbocycles. The van der Waals surface area contributed by atoms with Crippen LogP contribution < -0.4 is 15.8 Å². The van der Waals surface area contributed by atoms with Crippen LogP contribution in [0.2, 0.25) is 0 Å². The molecular weight excluding hydrogens is 266 g/mol. The number of rotatable bonds is 8. The first-order chi connectivity index (χ1) is 8.55. The monoisotopic (exact) mass is 293 g/mol. The van der Waals surface area contributed by atoms with Crippen LogP contribution in [0.4, 0.5) is 0 Å². The summed E-state index contributed by atoms with van der Waals surface area (Å²) in [6, 6.07) is 0. The Kier molecular flexibility index (Phi) is 7.54. The number of nitrogens with one attached hydrogen (secondary N) is 2. The molecule has 0 aromatic heterocycles. The van der Waals surface area contributed by atoms with Crippen molar-refractivity contribution in [2.45, 2.75) is 33.6 Å². The quantitative estimate of drug-likeness (QED) is 0.550. The number of sulfonamides is 1. The van der Waals surface area contributed by atoms with E-state index in [-0.39, 0.29) is 17.2 Å². The van der Waals surface area contributed by atoms with Gasteiger partial charge in [-0.2, -0.15) is 0 Å². The van der Waals surface area contributed by atoms with Crippen LogP contribution in [0, 0.1) is 11.3 Å². The highest BCUT2D eigenvalue weighted by molar-refractivity contribution is 7.88. The van der Waals surface area contributed by atoms with E-state index < -0.39 is 10.0 Å². The van der Waals surface area contributed by atoms with Crippen LogP contribution in [-0.2, 0) is 14.8 Å². The minimum Gasteiger partial charge on any atom is -0.356 e. The number of carbonyl (C=O) groups excluding carboxylic acids is 1. The van der Waals surface area contributed by atoms with Crippen molar-refractivity contribution in [3.63, 3.8) is 0 Å². The fraction of sp³-hybridized carbons (Fsp3) is 0.917. The average Bonchev–Trinajstić information content (AvgIpc) is 2.22. The Balaban J connectivity index is 3.96. The maximum absolute atomic E-state index is 11.9. The minimum atomic E-state index is -3.15. The molecule has 0 bridgehead atoms. The maximum atomic E-state index is 11.9. The van der Waals surface area contributed by atoms with Crippen LogP contribution in [0.15, 0.2) is 0 Å². The first-order valence-corrected chi connectivity index (χ1v) is 8.37. The summed E-state index contributed by atoms with van der Waals surface area (Å²) in [7, 11) is -3.15. The van der Waals surface area contributed by atoms with E-state index in [2.05, 4.69) is 30.8 Å². The molecule has 19 heavy (non-hydrogen) atoms.